The molecule has 0 saturated carbocycles. The fourth-order valence-electron chi connectivity index (χ4n) is 2.32. The minimum Gasteiger partial charge on any atom is -0.338 e. The smallest absolute Gasteiger partial charge is 0.264 e. The van der Waals surface area contributed by atoms with Crippen LogP contribution in [-0.4, -0.2) is 23.9 Å². The topological polar surface area (TPSA) is 20.3 Å². The van der Waals surface area contributed by atoms with Crippen LogP contribution in [0.5, 0.6) is 0 Å². The van der Waals surface area contributed by atoms with Crippen LogP contribution in [0.2, 0.25) is 0 Å². The summed E-state index contributed by atoms with van der Waals surface area (Å²) in [5.41, 5.74) is 2.17. The van der Waals surface area contributed by atoms with E-state index in [2.05, 4.69) is 26.0 Å². The number of thiophene rings is 1. The molecule has 2 nitrogen and oxygen atoms in total. The molecule has 0 N–H and O–H groups in total. The highest BCUT2D eigenvalue weighted by Gasteiger charge is 2.19. The van der Waals surface area contributed by atoms with E-state index in [1.807, 2.05) is 34.5 Å². The molecule has 0 aliphatic carbocycles. The molecule has 1 aromatic heterocycles. The van der Waals surface area contributed by atoms with Crippen LogP contribution in [0.25, 0.3) is 11.1 Å². The van der Waals surface area contributed by atoms with E-state index in [1.165, 1.54) is 0 Å². The van der Waals surface area contributed by atoms with Gasteiger partial charge < -0.3 is 4.90 Å². The molecule has 0 spiro atoms. The van der Waals surface area contributed by atoms with Crippen molar-refractivity contribution in [1.82, 2.24) is 4.90 Å². The molecule has 0 aliphatic rings. The van der Waals surface area contributed by atoms with Crippen molar-refractivity contribution in [2.45, 2.75) is 26.7 Å². The van der Waals surface area contributed by atoms with Gasteiger partial charge in [0.15, 0.2) is 0 Å². The van der Waals surface area contributed by atoms with E-state index < -0.39 is 0 Å². The van der Waals surface area contributed by atoms with Gasteiger partial charge in [0.2, 0.25) is 0 Å². The van der Waals surface area contributed by atoms with Gasteiger partial charge in [-0.15, -0.1) is 11.3 Å². The highest BCUT2D eigenvalue weighted by Crippen LogP contribution is 2.29. The molecule has 1 amide bonds. The number of benzene rings is 1. The van der Waals surface area contributed by atoms with Gasteiger partial charge in [-0.3, -0.25) is 4.79 Å². The first kappa shape index (κ1) is 14.8. The minimum atomic E-state index is 0.169. The Balaban J connectivity index is 2.29. The van der Waals surface area contributed by atoms with E-state index in [0.717, 1.165) is 41.9 Å². The zero-order chi connectivity index (χ0) is 14.4. The van der Waals surface area contributed by atoms with Crippen molar-refractivity contribution in [3.8, 4) is 11.1 Å². The summed E-state index contributed by atoms with van der Waals surface area (Å²) in [5.74, 6) is 0.169. The Kier molecular flexibility index (Phi) is 5.36. The van der Waals surface area contributed by atoms with Crippen molar-refractivity contribution < 1.29 is 4.79 Å². The van der Waals surface area contributed by atoms with Crippen molar-refractivity contribution in [3.05, 3.63) is 46.7 Å². The second-order valence-electron chi connectivity index (χ2n) is 4.82. The summed E-state index contributed by atoms with van der Waals surface area (Å²) < 4.78 is 0. The zero-order valence-corrected chi connectivity index (χ0v) is 13.0. The lowest BCUT2D eigenvalue weighted by molar-refractivity contribution is 0.0761. The SMILES string of the molecule is CCCN(CCC)C(=O)c1sccc1-c1ccccc1. The molecular weight excluding hydrogens is 266 g/mol. The number of rotatable bonds is 6. The number of hydrogen-bond donors (Lipinski definition) is 0. The largest absolute Gasteiger partial charge is 0.338 e. The summed E-state index contributed by atoms with van der Waals surface area (Å²) in [5, 5.41) is 2.01. The monoisotopic (exact) mass is 287 g/mol. The maximum Gasteiger partial charge on any atom is 0.264 e. The van der Waals surface area contributed by atoms with Crippen LogP contribution in [-0.2, 0) is 0 Å². The predicted molar refractivity (Wildman–Crippen MR) is 86.2 cm³/mol. The third-order valence-corrected chi connectivity index (χ3v) is 4.12. The summed E-state index contributed by atoms with van der Waals surface area (Å²) in [7, 11) is 0. The number of carbonyl (C=O) groups is 1. The van der Waals surface area contributed by atoms with Gasteiger partial charge in [0.1, 0.15) is 0 Å². The zero-order valence-electron chi connectivity index (χ0n) is 12.1. The predicted octanol–water partition coefficient (Wildman–Crippen LogP) is 4.68. The van der Waals surface area contributed by atoms with E-state index in [9.17, 15) is 4.79 Å². The van der Waals surface area contributed by atoms with Crippen molar-refractivity contribution in [2.75, 3.05) is 13.1 Å². The van der Waals surface area contributed by atoms with Crippen LogP contribution in [0.3, 0.4) is 0 Å². The first-order chi connectivity index (χ1) is 9.77. The van der Waals surface area contributed by atoms with E-state index in [0.29, 0.717) is 0 Å². The van der Waals surface area contributed by atoms with E-state index >= 15 is 0 Å². The van der Waals surface area contributed by atoms with E-state index in [-0.39, 0.29) is 5.91 Å². The summed E-state index contributed by atoms with van der Waals surface area (Å²) in [6.07, 6.45) is 2.00. The molecule has 0 bridgehead atoms. The Bertz CT molecular complexity index is 541. The molecule has 2 rings (SSSR count). The summed E-state index contributed by atoms with van der Waals surface area (Å²) >= 11 is 1.54. The fourth-order valence-corrected chi connectivity index (χ4v) is 3.20. The molecule has 2 aromatic rings. The highest BCUT2D eigenvalue weighted by atomic mass is 32.1. The number of hydrogen-bond acceptors (Lipinski definition) is 2. The quantitative estimate of drug-likeness (QED) is 0.755. The molecule has 0 radical (unpaired) electrons. The summed E-state index contributed by atoms with van der Waals surface area (Å²) in [6.45, 7) is 5.89. The Hall–Kier alpha value is -1.61. The van der Waals surface area contributed by atoms with Gasteiger partial charge in [0.25, 0.3) is 5.91 Å². The van der Waals surface area contributed by atoms with E-state index in [4.69, 9.17) is 0 Å². The average molecular weight is 287 g/mol. The standard InChI is InChI=1S/C17H21NOS/c1-3-11-18(12-4-2)17(19)16-15(10-13-20-16)14-8-6-5-7-9-14/h5-10,13H,3-4,11-12H2,1-2H3. The van der Waals surface area contributed by atoms with Crippen molar-refractivity contribution in [1.29, 1.82) is 0 Å². The van der Waals surface area contributed by atoms with Crippen LogP contribution < -0.4 is 0 Å². The molecule has 0 saturated heterocycles. The molecule has 3 heteroatoms. The molecule has 0 atom stereocenters. The summed E-state index contributed by atoms with van der Waals surface area (Å²) in [4.78, 5) is 15.5. The van der Waals surface area contributed by atoms with Crippen molar-refractivity contribution in [2.24, 2.45) is 0 Å². The van der Waals surface area contributed by atoms with E-state index in [1.54, 1.807) is 11.3 Å². The van der Waals surface area contributed by atoms with Crippen molar-refractivity contribution >= 4 is 17.2 Å². The normalized spacial score (nSPS) is 10.5. The Morgan fingerprint density at radius 1 is 1.05 bits per heavy atom. The molecular formula is C17H21NOS. The lowest BCUT2D eigenvalue weighted by Gasteiger charge is -2.21. The van der Waals surface area contributed by atoms with Gasteiger partial charge in [0.05, 0.1) is 4.88 Å². The van der Waals surface area contributed by atoms with Crippen LogP contribution in [0.1, 0.15) is 36.4 Å². The Morgan fingerprint density at radius 3 is 2.30 bits per heavy atom. The Labute approximate surface area is 125 Å². The van der Waals surface area contributed by atoms with Crippen molar-refractivity contribution in [3.63, 3.8) is 0 Å². The Morgan fingerprint density at radius 2 is 1.70 bits per heavy atom. The summed E-state index contributed by atoms with van der Waals surface area (Å²) in [6, 6.07) is 12.2. The maximum absolute atomic E-state index is 12.7. The maximum atomic E-state index is 12.7. The third-order valence-electron chi connectivity index (χ3n) is 3.22. The molecule has 20 heavy (non-hydrogen) atoms. The van der Waals surface area contributed by atoms with Crippen LogP contribution in [0.15, 0.2) is 41.8 Å². The molecule has 0 fully saturated rings. The van der Waals surface area contributed by atoms with Gasteiger partial charge >= 0.3 is 0 Å². The van der Waals surface area contributed by atoms with Crippen LogP contribution >= 0.6 is 11.3 Å². The average Bonchev–Trinajstić information content (AvgIpc) is 2.96. The molecule has 0 unspecified atom stereocenters. The third kappa shape index (κ3) is 3.28. The lowest BCUT2D eigenvalue weighted by Crippen LogP contribution is -2.32. The number of amides is 1. The first-order valence-corrected chi connectivity index (χ1v) is 8.08. The van der Waals surface area contributed by atoms with Gasteiger partial charge in [-0.25, -0.2) is 0 Å². The lowest BCUT2D eigenvalue weighted by atomic mass is 10.1. The molecule has 1 heterocycles. The minimum absolute atomic E-state index is 0.169. The number of carbonyl (C=O) groups excluding carboxylic acids is 1. The van der Waals surface area contributed by atoms with Crippen LogP contribution in [0, 0.1) is 0 Å². The van der Waals surface area contributed by atoms with Gasteiger partial charge in [0, 0.05) is 18.7 Å². The fraction of sp³-hybridized carbons (Fsp3) is 0.353. The molecule has 0 aliphatic heterocycles. The first-order valence-electron chi connectivity index (χ1n) is 7.20. The second kappa shape index (κ2) is 7.25. The molecule has 1 aromatic carbocycles. The second-order valence-corrected chi connectivity index (χ2v) is 5.74. The van der Waals surface area contributed by atoms with Gasteiger partial charge in [-0.1, -0.05) is 44.2 Å². The van der Waals surface area contributed by atoms with Crippen LogP contribution in [0.4, 0.5) is 0 Å². The van der Waals surface area contributed by atoms with Gasteiger partial charge in [-0.05, 0) is 29.9 Å². The van der Waals surface area contributed by atoms with Gasteiger partial charge in [-0.2, -0.15) is 0 Å². The molecule has 106 valence electrons. The number of nitrogens with zero attached hydrogens (tertiary/aromatic N) is 1. The highest BCUT2D eigenvalue weighted by molar-refractivity contribution is 7.12.